The second-order valence-electron chi connectivity index (χ2n) is 4.34. The summed E-state index contributed by atoms with van der Waals surface area (Å²) in [6, 6.07) is 3.62. The summed E-state index contributed by atoms with van der Waals surface area (Å²) in [5, 5.41) is 0. The Morgan fingerprint density at radius 1 is 1.28 bits per heavy atom. The highest BCUT2D eigenvalue weighted by Crippen LogP contribution is 2.34. The third kappa shape index (κ3) is 3.16. The quantitative estimate of drug-likeness (QED) is 0.831. The maximum absolute atomic E-state index is 11.9. The van der Waals surface area contributed by atoms with E-state index in [0.29, 0.717) is 36.2 Å². The van der Waals surface area contributed by atoms with Crippen molar-refractivity contribution in [3.05, 3.63) is 17.7 Å². The topological polar surface area (TPSA) is 61.6 Å². The maximum atomic E-state index is 11.9. The van der Waals surface area contributed by atoms with E-state index in [-0.39, 0.29) is 0 Å². The van der Waals surface area contributed by atoms with Crippen LogP contribution >= 0.6 is 0 Å². The van der Waals surface area contributed by atoms with Gasteiger partial charge in [0.05, 0.1) is 5.75 Å². The minimum Gasteiger partial charge on any atom is -0.486 e. The van der Waals surface area contributed by atoms with E-state index >= 15 is 0 Å². The van der Waals surface area contributed by atoms with Crippen molar-refractivity contribution >= 4 is 16.5 Å². The van der Waals surface area contributed by atoms with Crippen molar-refractivity contribution in [2.75, 3.05) is 24.7 Å². The molecule has 1 heterocycles. The van der Waals surface area contributed by atoms with Crippen molar-refractivity contribution in [3.63, 3.8) is 0 Å². The fraction of sp³-hybridized carbons (Fsp3) is 0.538. The number of anilines is 1. The first kappa shape index (κ1) is 13.2. The van der Waals surface area contributed by atoms with Crippen molar-refractivity contribution in [2.24, 2.45) is 0 Å². The van der Waals surface area contributed by atoms with Crippen LogP contribution in [0.2, 0.25) is 0 Å². The zero-order valence-electron chi connectivity index (χ0n) is 10.6. The molecule has 0 saturated carbocycles. The standard InChI is InChI=1S/C13H19NO3S/c1-2-3-6-18(15)9-10-7-12-13(8-11(10)14)17-5-4-16-12/h7-8H,2-6,9,14H2,1H3. The van der Waals surface area contributed by atoms with Gasteiger partial charge in [-0.1, -0.05) is 13.3 Å². The lowest BCUT2D eigenvalue weighted by molar-refractivity contribution is 0.171. The fourth-order valence-electron chi connectivity index (χ4n) is 1.82. The van der Waals surface area contributed by atoms with Crippen LogP contribution in [0.4, 0.5) is 5.69 Å². The zero-order chi connectivity index (χ0) is 13.0. The molecule has 0 aromatic heterocycles. The molecule has 18 heavy (non-hydrogen) atoms. The summed E-state index contributed by atoms with van der Waals surface area (Å²) < 4.78 is 22.8. The Morgan fingerprint density at radius 2 is 1.94 bits per heavy atom. The Balaban J connectivity index is 2.10. The Bertz CT molecular complexity index is 448. The Kier molecular flexibility index (Phi) is 4.47. The Morgan fingerprint density at radius 3 is 2.61 bits per heavy atom. The van der Waals surface area contributed by atoms with E-state index in [1.165, 1.54) is 0 Å². The van der Waals surface area contributed by atoms with Gasteiger partial charge in [0.25, 0.3) is 0 Å². The summed E-state index contributed by atoms with van der Waals surface area (Å²) in [6.45, 7) is 3.19. The molecule has 0 bridgehead atoms. The molecule has 1 unspecified atom stereocenters. The van der Waals surface area contributed by atoms with Crippen LogP contribution in [-0.2, 0) is 16.6 Å². The molecule has 0 saturated heterocycles. The molecule has 2 N–H and O–H groups in total. The summed E-state index contributed by atoms with van der Waals surface area (Å²) >= 11 is 0. The Hall–Kier alpha value is -1.23. The van der Waals surface area contributed by atoms with Crippen LogP contribution in [0.5, 0.6) is 11.5 Å². The van der Waals surface area contributed by atoms with E-state index in [9.17, 15) is 4.21 Å². The fourth-order valence-corrected chi connectivity index (χ4v) is 3.17. The van der Waals surface area contributed by atoms with Crippen molar-refractivity contribution < 1.29 is 13.7 Å². The molecule has 1 aliphatic rings. The summed E-state index contributed by atoms with van der Waals surface area (Å²) in [7, 11) is -0.858. The van der Waals surface area contributed by atoms with Gasteiger partial charge >= 0.3 is 0 Å². The number of nitrogens with two attached hydrogens (primary N) is 1. The smallest absolute Gasteiger partial charge is 0.163 e. The largest absolute Gasteiger partial charge is 0.486 e. The predicted molar refractivity (Wildman–Crippen MR) is 73.5 cm³/mol. The number of hydrogen-bond donors (Lipinski definition) is 1. The molecule has 1 aliphatic heterocycles. The predicted octanol–water partition coefficient (Wildman–Crippen LogP) is 2.09. The number of nitrogen functional groups attached to an aromatic ring is 1. The van der Waals surface area contributed by atoms with Crippen LogP contribution in [0.3, 0.4) is 0 Å². The highest BCUT2D eigenvalue weighted by Gasteiger charge is 2.15. The van der Waals surface area contributed by atoms with E-state index in [2.05, 4.69) is 6.92 Å². The van der Waals surface area contributed by atoms with Crippen LogP contribution in [0.15, 0.2) is 12.1 Å². The highest BCUT2D eigenvalue weighted by molar-refractivity contribution is 7.84. The van der Waals surface area contributed by atoms with Crippen LogP contribution in [0, 0.1) is 0 Å². The number of ether oxygens (including phenoxy) is 2. The lowest BCUT2D eigenvalue weighted by atomic mass is 10.2. The molecule has 2 rings (SSSR count). The average Bonchev–Trinajstić information content (AvgIpc) is 2.37. The summed E-state index contributed by atoms with van der Waals surface area (Å²) in [5.41, 5.74) is 7.46. The van der Waals surface area contributed by atoms with Crippen molar-refractivity contribution in [1.82, 2.24) is 0 Å². The van der Waals surface area contributed by atoms with Crippen molar-refractivity contribution in [3.8, 4) is 11.5 Å². The lowest BCUT2D eigenvalue weighted by Gasteiger charge is -2.20. The van der Waals surface area contributed by atoms with Crippen LogP contribution < -0.4 is 15.2 Å². The number of rotatable bonds is 5. The monoisotopic (exact) mass is 269 g/mol. The summed E-state index contributed by atoms with van der Waals surface area (Å²) in [5.74, 6) is 2.60. The van der Waals surface area contributed by atoms with Crippen molar-refractivity contribution in [1.29, 1.82) is 0 Å². The normalized spacial score (nSPS) is 15.4. The van der Waals surface area contributed by atoms with Crippen LogP contribution in [0.1, 0.15) is 25.3 Å². The molecule has 1 aromatic carbocycles. The van der Waals surface area contributed by atoms with Gasteiger partial charge in [0.2, 0.25) is 0 Å². The van der Waals surface area contributed by atoms with Gasteiger partial charge in [-0.3, -0.25) is 4.21 Å². The van der Waals surface area contributed by atoms with E-state index in [1.54, 1.807) is 6.07 Å². The molecule has 1 aromatic rings. The minimum absolute atomic E-state index is 0.489. The zero-order valence-corrected chi connectivity index (χ0v) is 11.4. The van der Waals surface area contributed by atoms with E-state index in [1.807, 2.05) is 6.07 Å². The van der Waals surface area contributed by atoms with E-state index in [0.717, 1.165) is 24.2 Å². The first-order valence-electron chi connectivity index (χ1n) is 6.23. The van der Waals surface area contributed by atoms with Crippen molar-refractivity contribution in [2.45, 2.75) is 25.5 Å². The average molecular weight is 269 g/mol. The second kappa shape index (κ2) is 6.09. The van der Waals surface area contributed by atoms with Gasteiger partial charge in [0, 0.05) is 28.3 Å². The molecule has 4 nitrogen and oxygen atoms in total. The molecule has 1 atom stereocenters. The molecule has 100 valence electrons. The van der Waals surface area contributed by atoms with Gasteiger partial charge in [0.15, 0.2) is 11.5 Å². The molecule has 0 radical (unpaired) electrons. The van der Waals surface area contributed by atoms with Gasteiger partial charge in [-0.25, -0.2) is 0 Å². The number of benzene rings is 1. The molecule has 5 heteroatoms. The molecular formula is C13H19NO3S. The summed E-state index contributed by atoms with van der Waals surface area (Å²) in [6.07, 6.45) is 2.04. The first-order valence-corrected chi connectivity index (χ1v) is 7.72. The van der Waals surface area contributed by atoms with E-state index in [4.69, 9.17) is 15.2 Å². The SMILES string of the molecule is CCCCS(=O)Cc1cc2c(cc1N)OCCO2. The van der Waals surface area contributed by atoms with Crippen LogP contribution in [0.25, 0.3) is 0 Å². The molecule has 0 spiro atoms. The second-order valence-corrected chi connectivity index (χ2v) is 5.91. The minimum atomic E-state index is -0.858. The van der Waals surface area contributed by atoms with Gasteiger partial charge in [-0.05, 0) is 18.1 Å². The van der Waals surface area contributed by atoms with Gasteiger partial charge in [0.1, 0.15) is 13.2 Å². The maximum Gasteiger partial charge on any atom is 0.163 e. The lowest BCUT2D eigenvalue weighted by Crippen LogP contribution is -2.16. The third-order valence-corrected chi connectivity index (χ3v) is 4.22. The van der Waals surface area contributed by atoms with Gasteiger partial charge in [-0.15, -0.1) is 0 Å². The number of hydrogen-bond acceptors (Lipinski definition) is 4. The van der Waals surface area contributed by atoms with E-state index < -0.39 is 10.8 Å². The Labute approximate surface area is 110 Å². The van der Waals surface area contributed by atoms with Gasteiger partial charge in [-0.2, -0.15) is 0 Å². The number of fused-ring (bicyclic) bond motifs is 1. The van der Waals surface area contributed by atoms with Crippen LogP contribution in [-0.4, -0.2) is 23.2 Å². The third-order valence-electron chi connectivity index (χ3n) is 2.85. The first-order chi connectivity index (χ1) is 8.70. The highest BCUT2D eigenvalue weighted by atomic mass is 32.2. The number of unbranched alkanes of at least 4 members (excludes halogenated alkanes) is 1. The van der Waals surface area contributed by atoms with Gasteiger partial charge < -0.3 is 15.2 Å². The molecule has 0 aliphatic carbocycles. The molecule has 0 fully saturated rings. The molecule has 0 amide bonds. The molecular weight excluding hydrogens is 250 g/mol. The summed E-state index contributed by atoms with van der Waals surface area (Å²) in [4.78, 5) is 0.